The SMILES string of the molecule is CCc1cccc(CC)c1-n1c(C)c(C)sc1=S. The summed E-state index contributed by atoms with van der Waals surface area (Å²) in [6.07, 6.45) is 2.08. The molecule has 0 fully saturated rings. The number of aromatic nitrogens is 1. The van der Waals surface area contributed by atoms with Crippen molar-refractivity contribution in [1.82, 2.24) is 4.57 Å². The number of hydrogen-bond acceptors (Lipinski definition) is 2. The maximum Gasteiger partial charge on any atom is 0.166 e. The Morgan fingerprint density at radius 2 is 1.67 bits per heavy atom. The quantitative estimate of drug-likeness (QED) is 0.714. The molecule has 1 aromatic carbocycles. The molecule has 18 heavy (non-hydrogen) atoms. The van der Waals surface area contributed by atoms with Crippen LogP contribution in [0.5, 0.6) is 0 Å². The number of hydrogen-bond donors (Lipinski definition) is 0. The first kappa shape index (κ1) is 13.5. The Balaban J connectivity index is 2.81. The van der Waals surface area contributed by atoms with Crippen molar-refractivity contribution in [3.63, 3.8) is 0 Å². The molecule has 2 aromatic rings. The molecule has 1 nitrogen and oxygen atoms in total. The van der Waals surface area contributed by atoms with Crippen LogP contribution >= 0.6 is 23.6 Å². The molecule has 96 valence electrons. The Morgan fingerprint density at radius 1 is 1.11 bits per heavy atom. The molecule has 0 unspecified atom stereocenters. The van der Waals surface area contributed by atoms with Crippen molar-refractivity contribution in [3.8, 4) is 5.69 Å². The summed E-state index contributed by atoms with van der Waals surface area (Å²) in [5.41, 5.74) is 5.35. The fraction of sp³-hybridized carbons (Fsp3) is 0.400. The van der Waals surface area contributed by atoms with Crippen molar-refractivity contribution < 1.29 is 0 Å². The lowest BCUT2D eigenvalue weighted by Crippen LogP contribution is -2.05. The molecule has 0 aliphatic rings. The summed E-state index contributed by atoms with van der Waals surface area (Å²) in [6.45, 7) is 8.72. The molecule has 0 atom stereocenters. The third-order valence-corrected chi connectivity index (χ3v) is 4.85. The lowest BCUT2D eigenvalue weighted by atomic mass is 10.0. The van der Waals surface area contributed by atoms with Gasteiger partial charge in [-0.15, -0.1) is 11.3 Å². The van der Waals surface area contributed by atoms with Gasteiger partial charge in [-0.05, 0) is 50.0 Å². The summed E-state index contributed by atoms with van der Waals surface area (Å²) >= 11 is 7.25. The highest BCUT2D eigenvalue weighted by atomic mass is 32.1. The zero-order valence-corrected chi connectivity index (χ0v) is 13.0. The second-order valence-electron chi connectivity index (χ2n) is 4.48. The van der Waals surface area contributed by atoms with Gasteiger partial charge in [0.15, 0.2) is 3.95 Å². The van der Waals surface area contributed by atoms with E-state index in [1.807, 2.05) is 0 Å². The first-order valence-corrected chi connectivity index (χ1v) is 7.62. The lowest BCUT2D eigenvalue weighted by molar-refractivity contribution is 0.929. The van der Waals surface area contributed by atoms with Crippen molar-refractivity contribution in [2.24, 2.45) is 0 Å². The summed E-state index contributed by atoms with van der Waals surface area (Å²) in [7, 11) is 0. The van der Waals surface area contributed by atoms with Gasteiger partial charge in [0.1, 0.15) is 0 Å². The smallest absolute Gasteiger partial charge is 0.166 e. The highest BCUT2D eigenvalue weighted by molar-refractivity contribution is 7.73. The van der Waals surface area contributed by atoms with E-state index in [9.17, 15) is 0 Å². The standard InChI is InChI=1S/C15H19NS2/c1-5-12-8-7-9-13(6-2)14(12)16-10(3)11(4)18-15(16)17/h7-9H,5-6H2,1-4H3. The molecule has 0 N–H and O–H groups in total. The van der Waals surface area contributed by atoms with E-state index < -0.39 is 0 Å². The van der Waals surface area contributed by atoms with Crippen LogP contribution in [0.15, 0.2) is 18.2 Å². The molecule has 3 heteroatoms. The van der Waals surface area contributed by atoms with E-state index in [4.69, 9.17) is 12.2 Å². The number of para-hydroxylation sites is 1. The molecule has 0 spiro atoms. The van der Waals surface area contributed by atoms with Crippen molar-refractivity contribution in [2.45, 2.75) is 40.5 Å². The van der Waals surface area contributed by atoms with Crippen molar-refractivity contribution in [3.05, 3.63) is 43.9 Å². The van der Waals surface area contributed by atoms with E-state index >= 15 is 0 Å². The van der Waals surface area contributed by atoms with E-state index in [1.54, 1.807) is 11.3 Å². The van der Waals surface area contributed by atoms with Crippen LogP contribution in [0.3, 0.4) is 0 Å². The van der Waals surface area contributed by atoms with Crippen LogP contribution in [0, 0.1) is 17.8 Å². The second-order valence-corrected chi connectivity index (χ2v) is 6.33. The van der Waals surface area contributed by atoms with Gasteiger partial charge in [0.05, 0.1) is 5.69 Å². The summed E-state index contributed by atoms with van der Waals surface area (Å²) < 4.78 is 3.22. The van der Waals surface area contributed by atoms with Gasteiger partial charge >= 0.3 is 0 Å². The van der Waals surface area contributed by atoms with E-state index in [-0.39, 0.29) is 0 Å². The molecule has 0 amide bonds. The van der Waals surface area contributed by atoms with Gasteiger partial charge in [0.25, 0.3) is 0 Å². The average molecular weight is 277 g/mol. The highest BCUT2D eigenvalue weighted by Gasteiger charge is 2.13. The first-order valence-electron chi connectivity index (χ1n) is 6.40. The fourth-order valence-corrected chi connectivity index (χ4v) is 3.73. The van der Waals surface area contributed by atoms with E-state index in [1.165, 1.54) is 27.4 Å². The minimum atomic E-state index is 0.959. The minimum Gasteiger partial charge on any atom is -0.295 e. The Labute approximate surface area is 118 Å². The van der Waals surface area contributed by atoms with Crippen molar-refractivity contribution >= 4 is 23.6 Å². The Hall–Kier alpha value is -0.930. The molecule has 1 heterocycles. The van der Waals surface area contributed by atoms with Crippen LogP contribution < -0.4 is 0 Å². The van der Waals surface area contributed by atoms with Crippen molar-refractivity contribution in [1.29, 1.82) is 0 Å². The number of benzene rings is 1. The predicted molar refractivity (Wildman–Crippen MR) is 82.7 cm³/mol. The van der Waals surface area contributed by atoms with Gasteiger partial charge < -0.3 is 0 Å². The predicted octanol–water partition coefficient (Wildman–Crippen LogP) is 5.01. The zero-order chi connectivity index (χ0) is 13.3. The third-order valence-electron chi connectivity index (χ3n) is 3.46. The van der Waals surface area contributed by atoms with Crippen LogP contribution in [0.1, 0.15) is 35.5 Å². The highest BCUT2D eigenvalue weighted by Crippen LogP contribution is 2.28. The molecule has 0 aliphatic carbocycles. The van der Waals surface area contributed by atoms with Crippen LogP contribution in [0.4, 0.5) is 0 Å². The summed E-state index contributed by atoms with van der Waals surface area (Å²) in [5.74, 6) is 0. The minimum absolute atomic E-state index is 0.959. The molecule has 1 aromatic heterocycles. The summed E-state index contributed by atoms with van der Waals surface area (Å²) in [6, 6.07) is 6.57. The van der Waals surface area contributed by atoms with Crippen LogP contribution in [-0.2, 0) is 12.8 Å². The molecular weight excluding hydrogens is 258 g/mol. The Morgan fingerprint density at radius 3 is 2.06 bits per heavy atom. The third kappa shape index (κ3) is 2.17. The normalized spacial score (nSPS) is 10.9. The molecule has 0 bridgehead atoms. The Kier molecular flexibility index (Phi) is 4.03. The van der Waals surface area contributed by atoms with Gasteiger partial charge in [-0.1, -0.05) is 32.0 Å². The number of aryl methyl sites for hydroxylation is 3. The lowest BCUT2D eigenvalue weighted by Gasteiger charge is -2.16. The maximum atomic E-state index is 5.54. The first-order chi connectivity index (χ1) is 8.60. The molecule has 2 rings (SSSR count). The van der Waals surface area contributed by atoms with Gasteiger partial charge in [0.2, 0.25) is 0 Å². The van der Waals surface area contributed by atoms with Crippen molar-refractivity contribution in [2.75, 3.05) is 0 Å². The van der Waals surface area contributed by atoms with Gasteiger partial charge in [-0.3, -0.25) is 4.57 Å². The topological polar surface area (TPSA) is 4.93 Å². The van der Waals surface area contributed by atoms with Crippen LogP contribution in [0.2, 0.25) is 0 Å². The summed E-state index contributed by atoms with van der Waals surface area (Å²) in [5, 5.41) is 0. The summed E-state index contributed by atoms with van der Waals surface area (Å²) in [4.78, 5) is 1.31. The van der Waals surface area contributed by atoms with Gasteiger partial charge in [-0.2, -0.15) is 0 Å². The maximum absolute atomic E-state index is 5.54. The molecule has 0 aliphatic heterocycles. The molecular formula is C15H19NS2. The van der Waals surface area contributed by atoms with E-state index in [0.29, 0.717) is 0 Å². The molecule has 0 saturated heterocycles. The largest absolute Gasteiger partial charge is 0.295 e. The van der Waals surface area contributed by atoms with E-state index in [2.05, 4.69) is 50.5 Å². The number of thiazole rings is 1. The Bertz CT molecular complexity index is 598. The second kappa shape index (κ2) is 5.37. The van der Waals surface area contributed by atoms with Gasteiger partial charge in [0, 0.05) is 10.6 Å². The zero-order valence-electron chi connectivity index (χ0n) is 11.4. The fourth-order valence-electron chi connectivity index (χ4n) is 2.31. The molecule has 0 saturated carbocycles. The van der Waals surface area contributed by atoms with Crippen LogP contribution in [-0.4, -0.2) is 4.57 Å². The number of nitrogens with zero attached hydrogens (tertiary/aromatic N) is 1. The average Bonchev–Trinajstić information content (AvgIpc) is 2.62. The van der Waals surface area contributed by atoms with Gasteiger partial charge in [-0.25, -0.2) is 0 Å². The molecule has 0 radical (unpaired) electrons. The van der Waals surface area contributed by atoms with E-state index in [0.717, 1.165) is 16.8 Å². The number of rotatable bonds is 3. The van der Waals surface area contributed by atoms with Crippen LogP contribution in [0.25, 0.3) is 5.69 Å². The monoisotopic (exact) mass is 277 g/mol.